The van der Waals surface area contributed by atoms with Crippen LogP contribution >= 0.6 is 23.1 Å². The molecule has 13 heavy (non-hydrogen) atoms. The summed E-state index contributed by atoms with van der Waals surface area (Å²) in [6.07, 6.45) is 2.32. The van der Waals surface area contributed by atoms with Gasteiger partial charge in [0.2, 0.25) is 0 Å². The normalized spacial score (nSPS) is 16.2. The number of thiophene rings is 1. The van der Waals surface area contributed by atoms with Crippen molar-refractivity contribution >= 4 is 28.1 Å². The molecule has 0 saturated heterocycles. The molecule has 0 radical (unpaired) electrons. The van der Waals surface area contributed by atoms with Gasteiger partial charge in [0.1, 0.15) is 0 Å². The molecular formula is C10H13NS2. The summed E-state index contributed by atoms with van der Waals surface area (Å²) in [5, 5.41) is 3.53. The van der Waals surface area contributed by atoms with E-state index in [0.717, 1.165) is 13.0 Å². The molecule has 70 valence electrons. The zero-order valence-corrected chi connectivity index (χ0v) is 9.38. The van der Waals surface area contributed by atoms with Gasteiger partial charge in [0.15, 0.2) is 0 Å². The average molecular weight is 211 g/mol. The van der Waals surface area contributed by atoms with Crippen LogP contribution in [0.1, 0.15) is 16.9 Å². The summed E-state index contributed by atoms with van der Waals surface area (Å²) in [5.74, 6) is 1.19. The topological polar surface area (TPSA) is 12.4 Å². The number of rotatable bonds is 3. The van der Waals surface area contributed by atoms with Crippen molar-refractivity contribution in [3.05, 3.63) is 21.9 Å². The molecule has 3 heteroatoms. The summed E-state index contributed by atoms with van der Waals surface area (Å²) in [4.78, 5) is 5.97. The highest BCUT2D eigenvalue weighted by molar-refractivity contribution is 8.14. The molecule has 0 atom stereocenters. The van der Waals surface area contributed by atoms with Crippen LogP contribution in [0.3, 0.4) is 0 Å². The van der Waals surface area contributed by atoms with Crippen LogP contribution in [0.2, 0.25) is 0 Å². The third-order valence-electron chi connectivity index (χ3n) is 2.18. The van der Waals surface area contributed by atoms with Crippen molar-refractivity contribution in [1.29, 1.82) is 0 Å². The fraction of sp³-hybridized carbons (Fsp3) is 0.500. The van der Waals surface area contributed by atoms with Crippen molar-refractivity contribution in [1.82, 2.24) is 0 Å². The Balaban J connectivity index is 1.89. The summed E-state index contributed by atoms with van der Waals surface area (Å²) < 4.78 is 0. The van der Waals surface area contributed by atoms with Gasteiger partial charge in [-0.3, -0.25) is 4.99 Å². The highest BCUT2D eigenvalue weighted by Gasteiger charge is 2.08. The smallest absolute Gasteiger partial charge is 0.0680 e. The van der Waals surface area contributed by atoms with Crippen LogP contribution in [0, 0.1) is 6.92 Å². The van der Waals surface area contributed by atoms with Crippen LogP contribution < -0.4 is 0 Å². The van der Waals surface area contributed by atoms with Crippen molar-refractivity contribution in [2.75, 3.05) is 12.3 Å². The minimum Gasteiger partial charge on any atom is -0.282 e. The Labute approximate surface area is 87.3 Å². The van der Waals surface area contributed by atoms with E-state index in [1.165, 1.54) is 27.7 Å². The summed E-state index contributed by atoms with van der Waals surface area (Å²) in [6, 6.07) is 2.20. The largest absolute Gasteiger partial charge is 0.282 e. The molecule has 1 aliphatic heterocycles. The maximum atomic E-state index is 4.45. The van der Waals surface area contributed by atoms with E-state index >= 15 is 0 Å². The van der Waals surface area contributed by atoms with Crippen LogP contribution in [0.25, 0.3) is 0 Å². The molecule has 0 N–H and O–H groups in total. The molecule has 1 aromatic rings. The van der Waals surface area contributed by atoms with Gasteiger partial charge in [0, 0.05) is 23.6 Å². The quantitative estimate of drug-likeness (QED) is 0.748. The molecule has 0 amide bonds. The predicted octanol–water partition coefficient (Wildman–Crippen LogP) is 3.13. The minimum absolute atomic E-state index is 1.03. The molecule has 1 aromatic heterocycles. The van der Waals surface area contributed by atoms with Crippen molar-refractivity contribution in [2.24, 2.45) is 4.99 Å². The maximum absolute atomic E-state index is 4.45. The SMILES string of the molecule is Cc1ccsc1CCC1=NCCS1. The zero-order valence-electron chi connectivity index (χ0n) is 7.75. The first kappa shape index (κ1) is 9.28. The number of hydrogen-bond donors (Lipinski definition) is 0. The van der Waals surface area contributed by atoms with E-state index in [1.807, 2.05) is 23.1 Å². The number of hydrogen-bond acceptors (Lipinski definition) is 3. The van der Waals surface area contributed by atoms with E-state index in [2.05, 4.69) is 23.4 Å². The Kier molecular flexibility index (Phi) is 3.06. The van der Waals surface area contributed by atoms with Gasteiger partial charge in [-0.2, -0.15) is 0 Å². The maximum Gasteiger partial charge on any atom is 0.0680 e. The highest BCUT2D eigenvalue weighted by Crippen LogP contribution is 2.21. The predicted molar refractivity (Wildman–Crippen MR) is 62.1 cm³/mol. The summed E-state index contributed by atoms with van der Waals surface area (Å²) in [7, 11) is 0. The van der Waals surface area contributed by atoms with Crippen molar-refractivity contribution < 1.29 is 0 Å². The third-order valence-corrected chi connectivity index (χ3v) is 4.32. The molecule has 0 saturated carbocycles. The molecule has 0 spiro atoms. The summed E-state index contributed by atoms with van der Waals surface area (Å²) >= 11 is 3.79. The molecular weight excluding hydrogens is 198 g/mol. The Hall–Kier alpha value is -0.280. The van der Waals surface area contributed by atoms with Gasteiger partial charge in [-0.25, -0.2) is 0 Å². The van der Waals surface area contributed by atoms with Gasteiger partial charge >= 0.3 is 0 Å². The number of thioether (sulfide) groups is 1. The number of nitrogens with zero attached hydrogens (tertiary/aromatic N) is 1. The lowest BCUT2D eigenvalue weighted by Crippen LogP contribution is -1.92. The fourth-order valence-corrected chi connectivity index (χ4v) is 3.17. The van der Waals surface area contributed by atoms with Crippen molar-refractivity contribution in [3.63, 3.8) is 0 Å². The Morgan fingerprint density at radius 3 is 3.00 bits per heavy atom. The van der Waals surface area contributed by atoms with Crippen molar-refractivity contribution in [2.45, 2.75) is 19.8 Å². The highest BCUT2D eigenvalue weighted by atomic mass is 32.2. The number of aliphatic imine (C=N–C) groups is 1. The Morgan fingerprint density at radius 1 is 1.46 bits per heavy atom. The number of aryl methyl sites for hydroxylation is 2. The Morgan fingerprint density at radius 2 is 2.38 bits per heavy atom. The first-order valence-corrected chi connectivity index (χ1v) is 6.42. The first-order valence-electron chi connectivity index (χ1n) is 4.55. The molecule has 0 fully saturated rings. The summed E-state index contributed by atoms with van der Waals surface area (Å²) in [5.41, 5.74) is 1.44. The van der Waals surface area contributed by atoms with Gasteiger partial charge in [-0.05, 0) is 30.4 Å². The van der Waals surface area contributed by atoms with Crippen LogP contribution in [-0.4, -0.2) is 17.3 Å². The molecule has 0 aromatic carbocycles. The molecule has 0 unspecified atom stereocenters. The minimum atomic E-state index is 1.03. The molecule has 0 bridgehead atoms. The van der Waals surface area contributed by atoms with Crippen LogP contribution in [0.4, 0.5) is 0 Å². The van der Waals surface area contributed by atoms with E-state index in [4.69, 9.17) is 0 Å². The van der Waals surface area contributed by atoms with E-state index in [1.54, 1.807) is 0 Å². The molecule has 2 rings (SSSR count). The second-order valence-corrected chi connectivity index (χ2v) is 5.32. The first-order chi connectivity index (χ1) is 6.36. The molecule has 0 aliphatic carbocycles. The zero-order chi connectivity index (χ0) is 9.10. The van der Waals surface area contributed by atoms with E-state index in [9.17, 15) is 0 Å². The monoisotopic (exact) mass is 211 g/mol. The van der Waals surface area contributed by atoms with Gasteiger partial charge in [0.05, 0.1) is 5.04 Å². The van der Waals surface area contributed by atoms with Crippen LogP contribution in [0.15, 0.2) is 16.4 Å². The standard InChI is InChI=1S/C10H13NS2/c1-8-4-6-12-9(8)2-3-10-11-5-7-13-10/h4,6H,2-3,5,7H2,1H3. The van der Waals surface area contributed by atoms with E-state index in [-0.39, 0.29) is 0 Å². The fourth-order valence-electron chi connectivity index (χ4n) is 1.41. The van der Waals surface area contributed by atoms with Crippen LogP contribution in [0.5, 0.6) is 0 Å². The molecule has 1 nitrogen and oxygen atoms in total. The van der Waals surface area contributed by atoms with Crippen LogP contribution in [-0.2, 0) is 6.42 Å². The average Bonchev–Trinajstić information content (AvgIpc) is 2.72. The third kappa shape index (κ3) is 2.35. The lowest BCUT2D eigenvalue weighted by Gasteiger charge is -1.98. The van der Waals surface area contributed by atoms with Gasteiger partial charge < -0.3 is 0 Å². The molecule has 1 aliphatic rings. The molecule has 2 heterocycles. The van der Waals surface area contributed by atoms with E-state index < -0.39 is 0 Å². The lowest BCUT2D eigenvalue weighted by atomic mass is 10.2. The Bertz CT molecular complexity index is 314. The van der Waals surface area contributed by atoms with E-state index in [0.29, 0.717) is 0 Å². The second-order valence-electron chi connectivity index (χ2n) is 3.15. The summed E-state index contributed by atoms with van der Waals surface area (Å²) in [6.45, 7) is 3.22. The van der Waals surface area contributed by atoms with Gasteiger partial charge in [0.25, 0.3) is 0 Å². The lowest BCUT2D eigenvalue weighted by molar-refractivity contribution is 1.05. The van der Waals surface area contributed by atoms with Gasteiger partial charge in [-0.1, -0.05) is 0 Å². The van der Waals surface area contributed by atoms with Crippen molar-refractivity contribution in [3.8, 4) is 0 Å². The second kappa shape index (κ2) is 4.29. The van der Waals surface area contributed by atoms with Gasteiger partial charge in [-0.15, -0.1) is 23.1 Å².